The van der Waals surface area contributed by atoms with Crippen LogP contribution in [0.4, 0.5) is 0 Å². The smallest absolute Gasteiger partial charge is 0.317 e. The van der Waals surface area contributed by atoms with Crippen LogP contribution in [-0.4, -0.2) is 387 Å². The molecule has 29 nitrogen and oxygen atoms in total. The molecule has 0 aromatic carbocycles. The van der Waals surface area contributed by atoms with Crippen LogP contribution in [-0.2, 0) is 52.5 Å². The van der Waals surface area contributed by atoms with Gasteiger partial charge in [0.25, 0.3) is 0 Å². The Hall–Kier alpha value is -3.86. The molecular formula is C46H87N9O20. The van der Waals surface area contributed by atoms with Crippen molar-refractivity contribution in [2.45, 2.75) is 12.2 Å². The summed E-state index contributed by atoms with van der Waals surface area (Å²) in [7, 11) is 0. The summed E-state index contributed by atoms with van der Waals surface area (Å²) in [6.07, 6.45) is -2.05. The Balaban J connectivity index is 2.21. The van der Waals surface area contributed by atoms with Gasteiger partial charge in [-0.05, 0) is 0 Å². The van der Waals surface area contributed by atoms with Gasteiger partial charge >= 0.3 is 35.8 Å². The standard InChI is InChI=1S/C46H87N9O20/c56-18-20-72-22-24-74-26-28-75-27-25-73-23-21-71-19-17-55(31-39(57)29-47-1-5-49(33-41(59)60)9-13-53(37-45(67)68)14-10-50(6-2-47)34-42(61)62)32-40(58)30-48-3-7-51(35-43(63)64)11-15-54(38-46(69)70)16-12-52(8-4-48)36-44(65)66/h39-40,56-58H,1-38H2,(H,59,60)(H,61,62)(H,63,64)(H,65,66)(H,67,68)(H,69,70). The third kappa shape index (κ3) is 36.7. The molecule has 2 aliphatic rings. The summed E-state index contributed by atoms with van der Waals surface area (Å²) in [6, 6.07) is 0. The van der Waals surface area contributed by atoms with Gasteiger partial charge in [0, 0.05) is 137 Å². The number of β-amino-alcohol motifs (C(OH)–C–C–N with tert-alkyl or cyclic N) is 2. The van der Waals surface area contributed by atoms with E-state index in [1.165, 1.54) is 0 Å². The fourth-order valence-electron chi connectivity index (χ4n) is 8.42. The van der Waals surface area contributed by atoms with E-state index in [2.05, 4.69) is 0 Å². The average molecular weight is 1090 g/mol. The molecule has 2 unspecified atom stereocenters. The first kappa shape index (κ1) is 67.3. The highest BCUT2D eigenvalue weighted by Gasteiger charge is 2.26. The van der Waals surface area contributed by atoms with E-state index in [9.17, 15) is 69.6 Å². The number of hydrogen-bond acceptors (Lipinski definition) is 23. The Morgan fingerprint density at radius 1 is 0.333 bits per heavy atom. The number of rotatable bonds is 37. The van der Waals surface area contributed by atoms with E-state index in [0.717, 1.165) is 0 Å². The molecule has 2 aliphatic heterocycles. The molecule has 29 heteroatoms. The monoisotopic (exact) mass is 1090 g/mol. The van der Waals surface area contributed by atoms with Crippen LogP contribution in [0.1, 0.15) is 0 Å². The molecule has 2 saturated heterocycles. The Morgan fingerprint density at radius 2 is 0.533 bits per heavy atom. The molecule has 0 saturated carbocycles. The van der Waals surface area contributed by atoms with Gasteiger partial charge in [-0.1, -0.05) is 0 Å². The maximum absolute atomic E-state index is 11.8. The fraction of sp³-hybridized carbons (Fsp3) is 0.870. The predicted octanol–water partition coefficient (Wildman–Crippen LogP) is -5.96. The van der Waals surface area contributed by atoms with Crippen LogP contribution in [0.2, 0.25) is 0 Å². The quantitative estimate of drug-likeness (QED) is 0.0262. The van der Waals surface area contributed by atoms with Crippen molar-refractivity contribution in [1.29, 1.82) is 0 Å². The molecule has 75 heavy (non-hydrogen) atoms. The van der Waals surface area contributed by atoms with Gasteiger partial charge in [-0.25, -0.2) is 0 Å². The van der Waals surface area contributed by atoms with Crippen LogP contribution in [0, 0.1) is 0 Å². The van der Waals surface area contributed by atoms with Crippen molar-refractivity contribution >= 4 is 35.8 Å². The van der Waals surface area contributed by atoms with Gasteiger partial charge < -0.3 is 69.6 Å². The largest absolute Gasteiger partial charge is 0.480 e. The van der Waals surface area contributed by atoms with Crippen molar-refractivity contribution in [1.82, 2.24) is 44.1 Å². The molecule has 0 aromatic rings. The fourth-order valence-corrected chi connectivity index (χ4v) is 8.42. The van der Waals surface area contributed by atoms with Crippen LogP contribution < -0.4 is 0 Å². The van der Waals surface area contributed by atoms with Crippen molar-refractivity contribution in [3.05, 3.63) is 0 Å². The van der Waals surface area contributed by atoms with Gasteiger partial charge in [0.2, 0.25) is 0 Å². The molecule has 0 amide bonds. The Kier molecular flexibility index (Phi) is 37.0. The number of carboxylic acid groups (broad SMARTS) is 6. The highest BCUT2D eigenvalue weighted by molar-refractivity contribution is 5.70. The number of aliphatic hydroxyl groups excluding tert-OH is 3. The van der Waals surface area contributed by atoms with E-state index < -0.39 is 48.0 Å². The van der Waals surface area contributed by atoms with E-state index in [1.54, 1.807) is 29.4 Å². The van der Waals surface area contributed by atoms with Crippen LogP contribution in [0.15, 0.2) is 0 Å². The van der Waals surface area contributed by atoms with Gasteiger partial charge in [0.1, 0.15) is 0 Å². The summed E-state index contributed by atoms with van der Waals surface area (Å²) in [6.45, 7) is 5.85. The number of aliphatic carboxylic acids is 6. The van der Waals surface area contributed by atoms with Crippen LogP contribution in [0.5, 0.6) is 0 Å². The van der Waals surface area contributed by atoms with E-state index in [-0.39, 0.29) is 184 Å². The zero-order valence-electron chi connectivity index (χ0n) is 43.6. The number of nitrogens with zero attached hydrogens (tertiary/aromatic N) is 9. The maximum atomic E-state index is 11.8. The molecule has 0 aromatic heterocycles. The van der Waals surface area contributed by atoms with Crippen molar-refractivity contribution in [2.75, 3.05) is 249 Å². The van der Waals surface area contributed by atoms with E-state index >= 15 is 0 Å². The lowest BCUT2D eigenvalue weighted by Gasteiger charge is -2.35. The Bertz CT molecular complexity index is 1440. The molecule has 2 atom stereocenters. The summed E-state index contributed by atoms with van der Waals surface area (Å²) < 4.78 is 27.6. The first-order valence-corrected chi connectivity index (χ1v) is 25.6. The first-order chi connectivity index (χ1) is 35.9. The summed E-state index contributed by atoms with van der Waals surface area (Å²) >= 11 is 0. The number of aliphatic hydroxyl groups is 3. The molecule has 0 radical (unpaired) electrons. The van der Waals surface area contributed by atoms with Crippen molar-refractivity contribution in [3.63, 3.8) is 0 Å². The third-order valence-corrected chi connectivity index (χ3v) is 12.2. The maximum Gasteiger partial charge on any atom is 0.317 e. The van der Waals surface area contributed by atoms with E-state index in [4.69, 9.17) is 28.8 Å². The number of hydrogen-bond donors (Lipinski definition) is 9. The SMILES string of the molecule is O=C(O)CN1CCN(CC(=O)O)CCN(CC(O)CN(CCOCCOCCOCCOCCOCCO)CC(O)CN2CCN(CC(=O)O)CCN(CC(=O)O)CCN(CC(=O)O)CC2)CCN(CC(=O)O)CC1. The van der Waals surface area contributed by atoms with Crippen LogP contribution in [0.25, 0.3) is 0 Å². The predicted molar refractivity (Wildman–Crippen MR) is 267 cm³/mol. The lowest BCUT2D eigenvalue weighted by Crippen LogP contribution is -2.51. The molecule has 2 heterocycles. The minimum absolute atomic E-state index is 0.0510. The number of carbonyl (C=O) groups is 6. The highest BCUT2D eigenvalue weighted by atomic mass is 16.6. The van der Waals surface area contributed by atoms with E-state index in [1.807, 2.05) is 14.7 Å². The zero-order valence-corrected chi connectivity index (χ0v) is 43.6. The van der Waals surface area contributed by atoms with Crippen LogP contribution in [0.3, 0.4) is 0 Å². The lowest BCUT2D eigenvalue weighted by atomic mass is 10.2. The molecule has 2 rings (SSSR count). The molecule has 0 bridgehead atoms. The summed E-state index contributed by atoms with van der Waals surface area (Å²) in [5.41, 5.74) is 0. The first-order valence-electron chi connectivity index (χ1n) is 25.6. The normalized spacial score (nSPS) is 18.9. The molecule has 0 spiro atoms. The van der Waals surface area contributed by atoms with Gasteiger partial charge in [-0.15, -0.1) is 0 Å². The second-order valence-electron chi connectivity index (χ2n) is 18.5. The van der Waals surface area contributed by atoms with Crippen molar-refractivity contribution < 1.29 is 98.4 Å². The average Bonchev–Trinajstić information content (AvgIpc) is 3.32. The molecule has 0 aliphatic carbocycles. The second-order valence-corrected chi connectivity index (χ2v) is 18.5. The number of carboxylic acids is 6. The molecule has 2 fully saturated rings. The third-order valence-electron chi connectivity index (χ3n) is 12.2. The summed E-state index contributed by atoms with van der Waals surface area (Å²) in [5, 5.41) is 89.9. The molecular weight excluding hydrogens is 999 g/mol. The minimum atomic E-state index is -1.06. The topological polar surface area (TPSA) is 360 Å². The van der Waals surface area contributed by atoms with E-state index in [0.29, 0.717) is 65.8 Å². The molecule has 9 N–H and O–H groups in total. The zero-order chi connectivity index (χ0) is 55.2. The second kappa shape index (κ2) is 41.3. The molecule has 436 valence electrons. The van der Waals surface area contributed by atoms with Crippen molar-refractivity contribution in [2.24, 2.45) is 0 Å². The highest BCUT2D eigenvalue weighted by Crippen LogP contribution is 2.08. The van der Waals surface area contributed by atoms with Crippen LogP contribution >= 0.6 is 0 Å². The van der Waals surface area contributed by atoms with Gasteiger partial charge in [-0.3, -0.25) is 72.9 Å². The lowest BCUT2D eigenvalue weighted by molar-refractivity contribution is -0.140. The summed E-state index contributed by atoms with van der Waals surface area (Å²) in [4.78, 5) is 86.3. The van der Waals surface area contributed by atoms with Gasteiger partial charge in [0.05, 0.1) is 124 Å². The van der Waals surface area contributed by atoms with Gasteiger partial charge in [0.15, 0.2) is 0 Å². The number of ether oxygens (including phenoxy) is 5. The minimum Gasteiger partial charge on any atom is -0.480 e. The Labute approximate surface area is 439 Å². The summed E-state index contributed by atoms with van der Waals surface area (Å²) in [5.74, 6) is -6.39. The van der Waals surface area contributed by atoms with Gasteiger partial charge in [-0.2, -0.15) is 0 Å². The van der Waals surface area contributed by atoms with Crippen molar-refractivity contribution in [3.8, 4) is 0 Å². The Morgan fingerprint density at radius 3 is 0.747 bits per heavy atom.